The van der Waals surface area contributed by atoms with Gasteiger partial charge in [0.2, 0.25) is 11.8 Å². The van der Waals surface area contributed by atoms with E-state index in [0.29, 0.717) is 5.69 Å². The minimum absolute atomic E-state index is 0.0161. The minimum Gasteiger partial charge on any atom is -0.436 e. The van der Waals surface area contributed by atoms with E-state index in [2.05, 4.69) is 15.6 Å². The third-order valence-electron chi connectivity index (χ3n) is 9.10. The maximum absolute atomic E-state index is 14.1. The molecule has 1 unspecified atom stereocenters. The standard InChI is InChI=1S/C27H43N7O9S/c1-26(2,40)20-14-30-32-34(20)17-13-18(23(37)31-27(21(35)22(28)36)8-10-44(41,42)11-9-27)33(15-17)24(38)19(43-25(29)39)12-16-6-4-3-5-7-16/h14,16-19,21,35,40H,3-13,15H2,1-2H3,(H2,28,36)(H2,29,39)(H,31,37)/t17-,18-,19+,21?/m0/s1. The first-order chi connectivity index (χ1) is 20.5. The van der Waals surface area contributed by atoms with Crippen LogP contribution in [0.5, 0.6) is 0 Å². The number of likely N-dealkylation sites (tertiary alicyclic amines) is 1. The highest BCUT2D eigenvalue weighted by Gasteiger charge is 2.50. The largest absolute Gasteiger partial charge is 0.436 e. The van der Waals surface area contributed by atoms with E-state index in [-0.39, 0.29) is 38.1 Å². The maximum Gasteiger partial charge on any atom is 0.405 e. The van der Waals surface area contributed by atoms with Crippen LogP contribution in [0.3, 0.4) is 0 Å². The van der Waals surface area contributed by atoms with Gasteiger partial charge in [0.05, 0.1) is 35.0 Å². The first kappa shape index (κ1) is 33.6. The SMILES string of the molecule is CC(C)(O)c1cnnn1[C@H]1C[C@@H](C(=O)NC2(C(O)C(N)=O)CCS(=O)(=O)CC2)N(C(=O)[C@@H](CC2CCCCC2)OC(N)=O)C1. The zero-order chi connectivity index (χ0) is 32.4. The monoisotopic (exact) mass is 641 g/mol. The molecular weight excluding hydrogens is 598 g/mol. The number of carbonyl (C=O) groups excluding carboxylic acids is 4. The Balaban J connectivity index is 1.67. The van der Waals surface area contributed by atoms with Gasteiger partial charge in [-0.2, -0.15) is 0 Å². The van der Waals surface area contributed by atoms with E-state index < -0.39 is 80.6 Å². The van der Waals surface area contributed by atoms with Gasteiger partial charge in [-0.15, -0.1) is 5.10 Å². The number of primary amides is 2. The molecule has 0 radical (unpaired) electrons. The average molecular weight is 642 g/mol. The van der Waals surface area contributed by atoms with Crippen LogP contribution in [0.1, 0.15) is 83.4 Å². The molecule has 2 aliphatic heterocycles. The van der Waals surface area contributed by atoms with E-state index >= 15 is 0 Å². The quantitative estimate of drug-likeness (QED) is 0.207. The van der Waals surface area contributed by atoms with Gasteiger partial charge in [-0.1, -0.05) is 37.3 Å². The van der Waals surface area contributed by atoms with Crippen molar-refractivity contribution < 1.29 is 42.5 Å². The lowest BCUT2D eigenvalue weighted by molar-refractivity contribution is -0.147. The number of aliphatic hydroxyl groups is 2. The molecular formula is C27H43N7O9S. The van der Waals surface area contributed by atoms with E-state index in [1.807, 2.05) is 0 Å². The number of ether oxygens (including phenoxy) is 1. The van der Waals surface area contributed by atoms with Gasteiger partial charge >= 0.3 is 6.09 Å². The van der Waals surface area contributed by atoms with Crippen molar-refractivity contribution in [3.8, 4) is 0 Å². The van der Waals surface area contributed by atoms with Crippen LogP contribution >= 0.6 is 0 Å². The lowest BCUT2D eigenvalue weighted by Gasteiger charge is -2.41. The molecule has 1 aliphatic carbocycles. The number of aromatic nitrogens is 3. The van der Waals surface area contributed by atoms with Crippen LogP contribution in [0.15, 0.2) is 6.20 Å². The molecule has 4 atom stereocenters. The number of aliphatic hydroxyl groups excluding tert-OH is 1. The fraction of sp³-hybridized carbons (Fsp3) is 0.778. The van der Waals surface area contributed by atoms with E-state index in [1.165, 1.54) is 29.6 Å². The number of nitrogens with two attached hydrogens (primary N) is 2. The van der Waals surface area contributed by atoms with E-state index in [9.17, 15) is 37.8 Å². The Morgan fingerprint density at radius 1 is 1.16 bits per heavy atom. The number of amides is 4. The topological polar surface area (TPSA) is 250 Å². The van der Waals surface area contributed by atoms with Gasteiger partial charge < -0.3 is 36.6 Å². The Hall–Kier alpha value is -3.31. The highest BCUT2D eigenvalue weighted by atomic mass is 32.2. The van der Waals surface area contributed by atoms with Crippen LogP contribution in [-0.4, -0.2) is 104 Å². The maximum atomic E-state index is 14.1. The van der Waals surface area contributed by atoms with Crippen molar-refractivity contribution in [2.75, 3.05) is 18.1 Å². The molecule has 1 saturated carbocycles. The molecule has 1 aromatic heterocycles. The summed E-state index contributed by atoms with van der Waals surface area (Å²) < 4.78 is 31.1. The van der Waals surface area contributed by atoms with Crippen molar-refractivity contribution in [2.45, 2.75) is 107 Å². The summed E-state index contributed by atoms with van der Waals surface area (Å²) in [7, 11) is -3.47. The van der Waals surface area contributed by atoms with Gasteiger partial charge in [-0.3, -0.25) is 14.4 Å². The smallest absolute Gasteiger partial charge is 0.405 e. The van der Waals surface area contributed by atoms with Gasteiger partial charge in [0.1, 0.15) is 11.6 Å². The predicted octanol–water partition coefficient (Wildman–Crippen LogP) is -1.01. The van der Waals surface area contributed by atoms with Crippen molar-refractivity contribution >= 4 is 33.7 Å². The molecule has 4 amide bonds. The number of nitrogens with zero attached hydrogens (tertiary/aromatic N) is 4. The zero-order valence-corrected chi connectivity index (χ0v) is 25.9. The Morgan fingerprint density at radius 2 is 1.80 bits per heavy atom. The van der Waals surface area contributed by atoms with Gasteiger partial charge in [-0.05, 0) is 39.0 Å². The molecule has 0 bridgehead atoms. The van der Waals surface area contributed by atoms with Gasteiger partial charge in [0.15, 0.2) is 22.0 Å². The summed E-state index contributed by atoms with van der Waals surface area (Å²) in [5.41, 5.74) is 8.02. The molecule has 44 heavy (non-hydrogen) atoms. The highest BCUT2D eigenvalue weighted by molar-refractivity contribution is 7.91. The Labute approximate surface area is 255 Å². The first-order valence-electron chi connectivity index (χ1n) is 14.9. The summed E-state index contributed by atoms with van der Waals surface area (Å²) >= 11 is 0. The van der Waals surface area contributed by atoms with E-state index in [4.69, 9.17) is 16.2 Å². The molecule has 16 nitrogen and oxygen atoms in total. The van der Waals surface area contributed by atoms with Crippen LogP contribution in [0, 0.1) is 5.92 Å². The van der Waals surface area contributed by atoms with Gasteiger partial charge in [-0.25, -0.2) is 17.9 Å². The third kappa shape index (κ3) is 7.48. The Kier molecular flexibility index (Phi) is 9.90. The van der Waals surface area contributed by atoms with Gasteiger partial charge in [0.25, 0.3) is 5.91 Å². The molecule has 7 N–H and O–H groups in total. The molecule has 17 heteroatoms. The Morgan fingerprint density at radius 3 is 2.36 bits per heavy atom. The normalized spacial score (nSPS) is 25.1. The lowest BCUT2D eigenvalue weighted by Crippen LogP contribution is -2.66. The fourth-order valence-electron chi connectivity index (χ4n) is 6.65. The van der Waals surface area contributed by atoms with Crippen LogP contribution in [0.2, 0.25) is 0 Å². The number of hydrogen-bond donors (Lipinski definition) is 5. The minimum atomic E-state index is -3.47. The van der Waals surface area contributed by atoms with Crippen molar-refractivity contribution in [1.82, 2.24) is 25.2 Å². The van der Waals surface area contributed by atoms with Crippen LogP contribution in [0.4, 0.5) is 4.79 Å². The lowest BCUT2D eigenvalue weighted by atomic mass is 9.84. The third-order valence-corrected chi connectivity index (χ3v) is 10.8. The number of rotatable bonds is 10. The van der Waals surface area contributed by atoms with Crippen LogP contribution in [0.25, 0.3) is 0 Å². The molecule has 0 aromatic carbocycles. The number of nitrogens with one attached hydrogen (secondary N) is 1. The second kappa shape index (κ2) is 13.0. The molecule has 3 heterocycles. The number of carbonyl (C=O) groups is 4. The Bertz CT molecular complexity index is 1340. The van der Waals surface area contributed by atoms with Crippen molar-refractivity contribution in [3.05, 3.63) is 11.9 Å². The molecule has 2 saturated heterocycles. The fourth-order valence-corrected chi connectivity index (χ4v) is 8.21. The number of hydrogen-bond acceptors (Lipinski definition) is 11. The van der Waals surface area contributed by atoms with Crippen molar-refractivity contribution in [2.24, 2.45) is 17.4 Å². The first-order valence-corrected chi connectivity index (χ1v) is 16.7. The predicted molar refractivity (Wildman–Crippen MR) is 154 cm³/mol. The van der Waals surface area contributed by atoms with Crippen LogP contribution in [-0.2, 0) is 34.6 Å². The van der Waals surface area contributed by atoms with Crippen LogP contribution < -0.4 is 16.8 Å². The second-order valence-corrected chi connectivity index (χ2v) is 15.1. The van der Waals surface area contributed by atoms with Gasteiger partial charge in [0, 0.05) is 13.0 Å². The molecule has 1 aromatic rings. The number of sulfone groups is 1. The summed E-state index contributed by atoms with van der Waals surface area (Å²) in [6.07, 6.45) is 1.48. The molecule has 246 valence electrons. The second-order valence-electron chi connectivity index (χ2n) is 12.8. The summed E-state index contributed by atoms with van der Waals surface area (Å²) in [5, 5.41) is 32.1. The van der Waals surface area contributed by atoms with E-state index in [0.717, 1.165) is 32.1 Å². The van der Waals surface area contributed by atoms with E-state index in [1.54, 1.807) is 0 Å². The zero-order valence-electron chi connectivity index (χ0n) is 25.1. The summed E-state index contributed by atoms with van der Waals surface area (Å²) in [4.78, 5) is 53.3. The molecule has 3 aliphatic rings. The summed E-state index contributed by atoms with van der Waals surface area (Å²) in [6, 6.07) is -1.86. The van der Waals surface area contributed by atoms with Crippen molar-refractivity contribution in [1.29, 1.82) is 0 Å². The summed E-state index contributed by atoms with van der Waals surface area (Å²) in [5.74, 6) is -3.23. The molecule has 4 rings (SSSR count). The molecule has 3 fully saturated rings. The highest BCUT2D eigenvalue weighted by Crippen LogP contribution is 2.35. The van der Waals surface area contributed by atoms with Crippen molar-refractivity contribution in [3.63, 3.8) is 0 Å². The summed E-state index contributed by atoms with van der Waals surface area (Å²) in [6.45, 7) is 3.00. The molecule has 0 spiro atoms. The average Bonchev–Trinajstić information content (AvgIpc) is 3.61.